The molecule has 0 aromatic heterocycles. The molecule has 1 heterocycles. The first-order valence-electron chi connectivity index (χ1n) is 12.0. The zero-order valence-electron chi connectivity index (χ0n) is 20.1. The Morgan fingerprint density at radius 2 is 1.69 bits per heavy atom. The molecule has 2 aliphatic rings. The maximum Gasteiger partial charge on any atom is 0.407 e. The first-order chi connectivity index (χ1) is 16.7. The monoisotopic (exact) mass is 480 g/mol. The van der Waals surface area contributed by atoms with Gasteiger partial charge in [0.25, 0.3) is 0 Å². The van der Waals surface area contributed by atoms with Crippen molar-refractivity contribution in [3.63, 3.8) is 0 Å². The van der Waals surface area contributed by atoms with Crippen LogP contribution in [-0.2, 0) is 19.1 Å². The zero-order valence-corrected chi connectivity index (χ0v) is 20.1. The maximum absolute atomic E-state index is 12.8. The van der Waals surface area contributed by atoms with Crippen LogP contribution in [0.2, 0.25) is 0 Å². The molecule has 1 saturated heterocycles. The topological polar surface area (TPSA) is 114 Å². The normalized spacial score (nSPS) is 19.0. The molecule has 3 N–H and O–H groups in total. The number of hydrogen-bond donors (Lipinski definition) is 3. The Kier molecular flexibility index (Phi) is 7.40. The van der Waals surface area contributed by atoms with Gasteiger partial charge < -0.3 is 25.2 Å². The number of carboxylic acid groups (broad SMARTS) is 1. The van der Waals surface area contributed by atoms with Crippen molar-refractivity contribution in [3.05, 3.63) is 59.7 Å². The van der Waals surface area contributed by atoms with Crippen molar-refractivity contribution >= 4 is 18.0 Å². The Balaban J connectivity index is 1.29. The van der Waals surface area contributed by atoms with E-state index in [2.05, 4.69) is 34.9 Å². The first-order valence-corrected chi connectivity index (χ1v) is 12.0. The van der Waals surface area contributed by atoms with Crippen molar-refractivity contribution < 1.29 is 29.0 Å². The number of carbonyl (C=O) groups excluding carboxylic acids is 2. The molecule has 0 radical (unpaired) electrons. The molecule has 2 amide bonds. The lowest BCUT2D eigenvalue weighted by Gasteiger charge is -2.28. The fourth-order valence-corrected chi connectivity index (χ4v) is 4.88. The van der Waals surface area contributed by atoms with E-state index in [9.17, 15) is 14.4 Å². The van der Waals surface area contributed by atoms with Gasteiger partial charge in [-0.25, -0.2) is 4.79 Å². The van der Waals surface area contributed by atoms with E-state index in [1.807, 2.05) is 24.3 Å². The van der Waals surface area contributed by atoms with Gasteiger partial charge in [-0.15, -0.1) is 0 Å². The van der Waals surface area contributed by atoms with Crippen LogP contribution in [0.15, 0.2) is 48.5 Å². The molecular weight excluding hydrogens is 448 g/mol. The van der Waals surface area contributed by atoms with E-state index in [4.69, 9.17) is 14.6 Å². The van der Waals surface area contributed by atoms with Gasteiger partial charge >= 0.3 is 12.1 Å². The van der Waals surface area contributed by atoms with Crippen molar-refractivity contribution in [1.82, 2.24) is 10.6 Å². The van der Waals surface area contributed by atoms with Gasteiger partial charge in [0.15, 0.2) is 0 Å². The second kappa shape index (κ2) is 10.5. The van der Waals surface area contributed by atoms with Gasteiger partial charge in [0.1, 0.15) is 12.7 Å². The highest BCUT2D eigenvalue weighted by Crippen LogP contribution is 2.44. The quantitative estimate of drug-likeness (QED) is 0.504. The van der Waals surface area contributed by atoms with Gasteiger partial charge in [-0.2, -0.15) is 0 Å². The van der Waals surface area contributed by atoms with Crippen LogP contribution in [0.3, 0.4) is 0 Å². The summed E-state index contributed by atoms with van der Waals surface area (Å²) < 4.78 is 11.2. The minimum Gasteiger partial charge on any atom is -0.481 e. The number of ether oxygens (including phenoxy) is 2. The van der Waals surface area contributed by atoms with Crippen molar-refractivity contribution in [1.29, 1.82) is 0 Å². The molecule has 1 aliphatic heterocycles. The predicted molar refractivity (Wildman–Crippen MR) is 130 cm³/mol. The summed E-state index contributed by atoms with van der Waals surface area (Å²) in [5.41, 5.74) is 3.95. The maximum atomic E-state index is 12.8. The Morgan fingerprint density at radius 3 is 2.31 bits per heavy atom. The lowest BCUT2D eigenvalue weighted by atomic mass is 9.95. The summed E-state index contributed by atoms with van der Waals surface area (Å²) in [4.78, 5) is 36.1. The first kappa shape index (κ1) is 24.7. The average Bonchev–Trinajstić information content (AvgIpc) is 3.43. The van der Waals surface area contributed by atoms with Gasteiger partial charge in [-0.1, -0.05) is 48.5 Å². The van der Waals surface area contributed by atoms with E-state index in [1.54, 1.807) is 13.8 Å². The molecule has 1 fully saturated rings. The van der Waals surface area contributed by atoms with Crippen molar-refractivity contribution in [3.8, 4) is 11.1 Å². The minimum absolute atomic E-state index is 0.0190. The van der Waals surface area contributed by atoms with E-state index in [0.29, 0.717) is 19.4 Å². The largest absolute Gasteiger partial charge is 0.481 e. The summed E-state index contributed by atoms with van der Waals surface area (Å²) in [6.45, 7) is 4.47. The molecule has 2 unspecified atom stereocenters. The summed E-state index contributed by atoms with van der Waals surface area (Å²) in [5.74, 6) is -1.41. The Hall–Kier alpha value is -3.39. The number of aliphatic carboxylic acids is 1. The number of nitrogens with one attached hydrogen (secondary N) is 2. The summed E-state index contributed by atoms with van der Waals surface area (Å²) in [5, 5.41) is 14.6. The number of carboxylic acids is 1. The van der Waals surface area contributed by atoms with Crippen LogP contribution >= 0.6 is 0 Å². The number of hydrogen-bond acceptors (Lipinski definition) is 5. The molecule has 2 aromatic carbocycles. The molecule has 2 atom stereocenters. The van der Waals surface area contributed by atoms with E-state index in [0.717, 1.165) is 11.1 Å². The summed E-state index contributed by atoms with van der Waals surface area (Å²) in [7, 11) is 0. The smallest absolute Gasteiger partial charge is 0.407 e. The molecule has 4 rings (SSSR count). The molecule has 186 valence electrons. The fraction of sp³-hybridized carbons (Fsp3) is 0.444. The van der Waals surface area contributed by atoms with E-state index >= 15 is 0 Å². The van der Waals surface area contributed by atoms with Crippen molar-refractivity contribution in [2.45, 2.75) is 50.7 Å². The van der Waals surface area contributed by atoms with E-state index < -0.39 is 23.7 Å². The second-order valence-corrected chi connectivity index (χ2v) is 9.81. The molecule has 0 spiro atoms. The Bertz CT molecular complexity index is 1050. The molecule has 8 nitrogen and oxygen atoms in total. The third-order valence-electron chi connectivity index (χ3n) is 6.75. The zero-order chi connectivity index (χ0) is 25.0. The minimum atomic E-state index is -0.908. The number of fused-ring (bicyclic) bond motifs is 3. The summed E-state index contributed by atoms with van der Waals surface area (Å²) >= 11 is 0. The second-order valence-electron chi connectivity index (χ2n) is 9.81. The third-order valence-corrected chi connectivity index (χ3v) is 6.75. The summed E-state index contributed by atoms with van der Waals surface area (Å²) in [6.07, 6.45) is -0.320. The van der Waals surface area contributed by atoms with E-state index in [-0.39, 0.29) is 37.3 Å². The number of alkyl carbamates (subject to hydrolysis) is 1. The van der Waals surface area contributed by atoms with Crippen LogP contribution in [0.25, 0.3) is 11.1 Å². The van der Waals surface area contributed by atoms with Gasteiger partial charge in [0.2, 0.25) is 5.91 Å². The highest BCUT2D eigenvalue weighted by atomic mass is 16.5. The van der Waals surface area contributed by atoms with Gasteiger partial charge in [0.05, 0.1) is 0 Å². The number of rotatable bonds is 9. The van der Waals surface area contributed by atoms with Gasteiger partial charge in [0, 0.05) is 36.9 Å². The van der Waals surface area contributed by atoms with Crippen LogP contribution < -0.4 is 10.6 Å². The van der Waals surface area contributed by atoms with Crippen LogP contribution in [0.1, 0.15) is 50.2 Å². The summed E-state index contributed by atoms with van der Waals surface area (Å²) in [6, 6.07) is 16.3. The van der Waals surface area contributed by atoms with Crippen LogP contribution in [0.5, 0.6) is 0 Å². The number of benzene rings is 2. The van der Waals surface area contributed by atoms with Crippen LogP contribution in [0, 0.1) is 5.92 Å². The van der Waals surface area contributed by atoms with Crippen LogP contribution in [-0.4, -0.2) is 54.5 Å². The standard InChI is InChI=1S/C27H32N2O6/c1-27(2,13-11-23(30)31)29-25(32)24-17(12-14-34-24)15-28-26(33)35-16-22-20-9-5-3-7-18(20)19-8-4-6-10-21(19)22/h3-10,17,22,24H,11-16H2,1-2H3,(H,28,33)(H,29,32)(H,30,31). The fourth-order valence-electron chi connectivity index (χ4n) is 4.88. The molecule has 2 aromatic rings. The highest BCUT2D eigenvalue weighted by Gasteiger charge is 2.37. The highest BCUT2D eigenvalue weighted by molar-refractivity contribution is 5.82. The third kappa shape index (κ3) is 5.82. The lowest BCUT2D eigenvalue weighted by Crippen LogP contribution is -2.50. The van der Waals surface area contributed by atoms with Gasteiger partial charge in [-0.3, -0.25) is 9.59 Å². The van der Waals surface area contributed by atoms with Crippen molar-refractivity contribution in [2.24, 2.45) is 5.92 Å². The van der Waals surface area contributed by atoms with Gasteiger partial charge in [-0.05, 0) is 48.9 Å². The molecule has 1 aliphatic carbocycles. The molecule has 0 saturated carbocycles. The van der Waals surface area contributed by atoms with Crippen LogP contribution in [0.4, 0.5) is 4.79 Å². The Labute approximate surface area is 205 Å². The molecular formula is C27H32N2O6. The average molecular weight is 481 g/mol. The number of amides is 2. The SMILES string of the molecule is CC(C)(CCC(=O)O)NC(=O)C1OCCC1CNC(=O)OCC1c2ccccc2-c2ccccc21. The molecule has 0 bridgehead atoms. The molecule has 8 heteroatoms. The lowest BCUT2D eigenvalue weighted by molar-refractivity contribution is -0.138. The molecule has 35 heavy (non-hydrogen) atoms. The predicted octanol–water partition coefficient (Wildman–Crippen LogP) is 3.69. The van der Waals surface area contributed by atoms with Crippen molar-refractivity contribution in [2.75, 3.05) is 19.8 Å². The van der Waals surface area contributed by atoms with E-state index in [1.165, 1.54) is 11.1 Å². The number of carbonyl (C=O) groups is 3. The Morgan fingerprint density at radius 1 is 1.06 bits per heavy atom.